The molecule has 0 spiro atoms. The van der Waals surface area contributed by atoms with Crippen LogP contribution in [0.2, 0.25) is 0 Å². The fourth-order valence-corrected chi connectivity index (χ4v) is 9.83. The zero-order chi connectivity index (χ0) is 27.2. The lowest BCUT2D eigenvalue weighted by Crippen LogP contribution is -2.58. The highest BCUT2D eigenvalue weighted by Gasteiger charge is 2.66. The van der Waals surface area contributed by atoms with E-state index in [4.69, 9.17) is 0 Å². The highest BCUT2D eigenvalue weighted by Crippen LogP contribution is 2.75. The van der Waals surface area contributed by atoms with Crippen LogP contribution in [0.3, 0.4) is 0 Å². The van der Waals surface area contributed by atoms with Crippen LogP contribution in [0.15, 0.2) is 36.0 Å². The summed E-state index contributed by atoms with van der Waals surface area (Å²) in [5.41, 5.74) is 5.62. The molecule has 0 radical (unpaired) electrons. The van der Waals surface area contributed by atoms with Crippen molar-refractivity contribution < 1.29 is 0 Å². The molecule has 0 nitrogen and oxygen atoms in total. The van der Waals surface area contributed by atoms with Crippen LogP contribution in [0.1, 0.15) is 134 Å². The molecular formula is C36H60. The number of hydrogen-bond donors (Lipinski definition) is 0. The van der Waals surface area contributed by atoms with E-state index >= 15 is 0 Å². The molecule has 0 heteroatoms. The van der Waals surface area contributed by atoms with Crippen molar-refractivity contribution in [3.63, 3.8) is 0 Å². The summed E-state index contributed by atoms with van der Waals surface area (Å²) in [6.07, 6.45) is 18.3. The lowest BCUT2D eigenvalue weighted by atomic mass is 9.38. The zero-order valence-electron chi connectivity index (χ0n) is 26.3. The lowest BCUT2D eigenvalue weighted by Gasteiger charge is -2.66. The maximum Gasteiger partial charge on any atom is -0.00137 e. The second kappa shape index (κ2) is 8.36. The van der Waals surface area contributed by atoms with Crippen molar-refractivity contribution in [1.29, 1.82) is 0 Å². The summed E-state index contributed by atoms with van der Waals surface area (Å²) >= 11 is 0. The molecule has 4 aliphatic rings. The molecule has 4 aliphatic carbocycles. The third-order valence-corrected chi connectivity index (χ3v) is 14.9. The number of hydrogen-bond acceptors (Lipinski definition) is 0. The van der Waals surface area contributed by atoms with Gasteiger partial charge in [-0.05, 0) is 118 Å². The Morgan fingerprint density at radius 1 is 0.972 bits per heavy atom. The van der Waals surface area contributed by atoms with Gasteiger partial charge in [-0.25, -0.2) is 0 Å². The van der Waals surface area contributed by atoms with E-state index in [-0.39, 0.29) is 10.8 Å². The quantitative estimate of drug-likeness (QED) is 0.335. The summed E-state index contributed by atoms with van der Waals surface area (Å²) in [6.45, 7) is 35.0. The molecule has 0 aliphatic heterocycles. The molecule has 204 valence electrons. The van der Waals surface area contributed by atoms with E-state index < -0.39 is 0 Å². The van der Waals surface area contributed by atoms with Crippen molar-refractivity contribution in [3.8, 4) is 0 Å². The van der Waals surface area contributed by atoms with E-state index in [0.717, 1.165) is 11.8 Å². The first-order valence-electron chi connectivity index (χ1n) is 15.4. The highest BCUT2D eigenvalue weighted by molar-refractivity contribution is 5.49. The summed E-state index contributed by atoms with van der Waals surface area (Å²) in [6, 6.07) is 0. The first-order valence-corrected chi connectivity index (χ1v) is 15.4. The smallest absolute Gasteiger partial charge is 0.00137 e. The molecule has 0 saturated heterocycles. The normalized spacial score (nSPS) is 44.3. The topological polar surface area (TPSA) is 0 Å². The monoisotopic (exact) mass is 492 g/mol. The lowest BCUT2D eigenvalue weighted by molar-refractivity contribution is -0.108. The van der Waals surface area contributed by atoms with Crippen molar-refractivity contribution in [2.45, 2.75) is 134 Å². The first-order chi connectivity index (χ1) is 16.3. The molecule has 36 heavy (non-hydrogen) atoms. The number of rotatable bonds is 5. The van der Waals surface area contributed by atoms with E-state index in [1.165, 1.54) is 51.4 Å². The minimum Gasteiger partial charge on any atom is -0.103 e. The zero-order valence-corrected chi connectivity index (χ0v) is 26.3. The molecule has 2 saturated carbocycles. The van der Waals surface area contributed by atoms with Gasteiger partial charge in [0.15, 0.2) is 0 Å². The van der Waals surface area contributed by atoms with Gasteiger partial charge in [-0.3, -0.25) is 0 Å². The Kier molecular flexibility index (Phi) is 6.55. The standard InChI is InChI=1S/C36H60/c1-14-32(9,20-15-25(2)30(4,5)6)36(13)24-19-29-27-17-23-35(12)31(7,8)26(3)16-21-33(35,10)28(27)18-22-34(29,36)11/h14,17-18,25-26,29H,1,15-16,19-24H2,2-13H3. The minimum absolute atomic E-state index is 0.164. The predicted octanol–water partition coefficient (Wildman–Crippen LogP) is 11.2. The Morgan fingerprint density at radius 3 is 2.19 bits per heavy atom. The average Bonchev–Trinajstić information content (AvgIpc) is 3.08. The molecule has 0 aromatic carbocycles. The second-order valence-corrected chi connectivity index (χ2v) is 16.8. The van der Waals surface area contributed by atoms with Gasteiger partial charge in [0, 0.05) is 0 Å². The molecule has 4 rings (SSSR count). The van der Waals surface area contributed by atoms with Crippen molar-refractivity contribution in [2.75, 3.05) is 0 Å². The average molecular weight is 493 g/mol. The molecule has 0 heterocycles. The second-order valence-electron chi connectivity index (χ2n) is 16.8. The Hall–Kier alpha value is -0.780. The van der Waals surface area contributed by atoms with Crippen molar-refractivity contribution in [2.24, 2.45) is 55.7 Å². The Morgan fingerprint density at radius 2 is 1.61 bits per heavy atom. The first kappa shape index (κ1) is 28.2. The van der Waals surface area contributed by atoms with Gasteiger partial charge < -0.3 is 0 Å². The maximum absolute atomic E-state index is 4.48. The molecule has 0 N–H and O–H groups in total. The van der Waals surface area contributed by atoms with Crippen molar-refractivity contribution >= 4 is 0 Å². The maximum atomic E-state index is 4.48. The highest BCUT2D eigenvalue weighted by atomic mass is 14.7. The third kappa shape index (κ3) is 3.43. The largest absolute Gasteiger partial charge is 0.103 e. The van der Waals surface area contributed by atoms with Crippen LogP contribution in [0.5, 0.6) is 0 Å². The molecular weight excluding hydrogens is 432 g/mol. The van der Waals surface area contributed by atoms with Crippen LogP contribution in [0.25, 0.3) is 0 Å². The van der Waals surface area contributed by atoms with Gasteiger partial charge in [0.1, 0.15) is 0 Å². The summed E-state index contributed by atoms with van der Waals surface area (Å²) in [7, 11) is 0. The molecule has 0 bridgehead atoms. The Balaban J connectivity index is 1.71. The van der Waals surface area contributed by atoms with E-state index in [1.807, 2.05) is 0 Å². The summed E-state index contributed by atoms with van der Waals surface area (Å²) < 4.78 is 0. The fraction of sp³-hybridized carbons (Fsp3) is 0.833. The third-order valence-electron chi connectivity index (χ3n) is 14.9. The predicted molar refractivity (Wildman–Crippen MR) is 159 cm³/mol. The van der Waals surface area contributed by atoms with Crippen molar-refractivity contribution in [3.05, 3.63) is 36.0 Å². The van der Waals surface area contributed by atoms with Gasteiger partial charge in [-0.2, -0.15) is 0 Å². The van der Waals surface area contributed by atoms with Gasteiger partial charge in [-0.1, -0.05) is 101 Å². The Bertz CT molecular complexity index is 953. The van der Waals surface area contributed by atoms with Crippen LogP contribution in [-0.2, 0) is 0 Å². The van der Waals surface area contributed by atoms with Crippen LogP contribution < -0.4 is 0 Å². The minimum atomic E-state index is 0.164. The summed E-state index contributed by atoms with van der Waals surface area (Å²) in [5, 5.41) is 0. The summed E-state index contributed by atoms with van der Waals surface area (Å²) in [5.74, 6) is 2.21. The molecule has 2 fully saturated rings. The van der Waals surface area contributed by atoms with E-state index in [9.17, 15) is 0 Å². The molecule has 0 amide bonds. The van der Waals surface area contributed by atoms with Crippen LogP contribution >= 0.6 is 0 Å². The molecule has 8 unspecified atom stereocenters. The van der Waals surface area contributed by atoms with Gasteiger partial charge in [0.25, 0.3) is 0 Å². The fourth-order valence-electron chi connectivity index (χ4n) is 9.83. The van der Waals surface area contributed by atoms with Crippen LogP contribution in [0, 0.1) is 55.7 Å². The number of allylic oxidation sites excluding steroid dienone is 5. The molecule has 0 aromatic rings. The Labute approximate surface area is 225 Å². The van der Waals surface area contributed by atoms with Crippen LogP contribution in [-0.4, -0.2) is 0 Å². The van der Waals surface area contributed by atoms with Crippen molar-refractivity contribution in [1.82, 2.24) is 0 Å². The van der Waals surface area contributed by atoms with Crippen LogP contribution in [0.4, 0.5) is 0 Å². The number of fused-ring (bicyclic) bond motifs is 5. The van der Waals surface area contributed by atoms with Gasteiger partial charge in [-0.15, -0.1) is 6.58 Å². The SMILES string of the molecule is C=CC(C)(CCC(C)C(C)(C)C)C1(C)CCC2C3=CCC4(C)C(C)(CCC(C)C4(C)C)C3=CCC21C. The van der Waals surface area contributed by atoms with E-state index in [2.05, 4.69) is 108 Å². The molecule has 8 atom stereocenters. The summed E-state index contributed by atoms with van der Waals surface area (Å²) in [4.78, 5) is 0. The molecule has 0 aromatic heterocycles. The van der Waals surface area contributed by atoms with Gasteiger partial charge >= 0.3 is 0 Å². The van der Waals surface area contributed by atoms with E-state index in [0.29, 0.717) is 33.0 Å². The van der Waals surface area contributed by atoms with Gasteiger partial charge in [0.2, 0.25) is 0 Å². The van der Waals surface area contributed by atoms with Gasteiger partial charge in [0.05, 0.1) is 0 Å². The van der Waals surface area contributed by atoms with E-state index in [1.54, 1.807) is 11.1 Å².